The highest BCUT2D eigenvalue weighted by molar-refractivity contribution is 8.15. The Morgan fingerprint density at radius 1 is 1.90 bits per heavy atom. The molecule has 0 aromatic carbocycles. The Hall–Kier alpha value is -0.0900. The molecule has 0 aliphatic carbocycles. The monoisotopic (exact) mass is 175 g/mol. The van der Waals surface area contributed by atoms with Crippen molar-refractivity contribution in [3.63, 3.8) is 0 Å². The molecule has 1 N–H and O–H groups in total. The third-order valence-electron chi connectivity index (χ3n) is 1.31. The Labute approximate surface area is 69.8 Å². The van der Waals surface area contributed by atoms with Gasteiger partial charge in [-0.05, 0) is 6.42 Å². The lowest BCUT2D eigenvalue weighted by Gasteiger charge is -2.03. The minimum atomic E-state index is 0.149. The molecule has 0 radical (unpaired) electrons. The Balaban J connectivity index is 2.40. The lowest BCUT2D eigenvalue weighted by molar-refractivity contribution is -0.109. The van der Waals surface area contributed by atoms with Gasteiger partial charge in [-0.2, -0.15) is 0 Å². The van der Waals surface area contributed by atoms with Gasteiger partial charge in [-0.15, -0.1) is 0 Å². The summed E-state index contributed by atoms with van der Waals surface area (Å²) in [5.41, 5.74) is 0. The molecule has 10 heavy (non-hydrogen) atoms. The number of thiocarbonyl (C=S) groups is 1. The molecule has 1 heterocycles. The number of thioether (sulfide) groups is 1. The molecule has 4 heteroatoms. The van der Waals surface area contributed by atoms with Crippen molar-refractivity contribution in [1.29, 1.82) is 0 Å². The molecule has 0 bridgehead atoms. The fourth-order valence-corrected chi connectivity index (χ4v) is 2.08. The number of hydrogen-bond acceptors (Lipinski definition) is 3. The standard InChI is InChI=1S/C6H9NOS2/c1-4(8)10-5-2-3-7-6(5)9/h5H,2-3H2,1H3,(H,7,9)/t5-/m1/s1. The Morgan fingerprint density at radius 3 is 3.00 bits per heavy atom. The van der Waals surface area contributed by atoms with Crippen LogP contribution in [0.1, 0.15) is 13.3 Å². The molecule has 1 aliphatic rings. The first-order valence-corrected chi connectivity index (χ1v) is 4.44. The number of carbonyl (C=O) groups is 1. The maximum absolute atomic E-state index is 10.6. The lowest BCUT2D eigenvalue weighted by Crippen LogP contribution is -2.18. The van der Waals surface area contributed by atoms with Gasteiger partial charge in [0.2, 0.25) is 0 Å². The first kappa shape index (κ1) is 8.01. The van der Waals surface area contributed by atoms with E-state index in [-0.39, 0.29) is 10.4 Å². The molecule has 0 aromatic heterocycles. The second kappa shape index (κ2) is 3.34. The third-order valence-corrected chi connectivity index (χ3v) is 2.97. The van der Waals surface area contributed by atoms with Crippen LogP contribution in [0.3, 0.4) is 0 Å². The Morgan fingerprint density at radius 2 is 2.60 bits per heavy atom. The van der Waals surface area contributed by atoms with Gasteiger partial charge in [0.25, 0.3) is 0 Å². The van der Waals surface area contributed by atoms with Crippen LogP contribution in [0.4, 0.5) is 0 Å². The summed E-state index contributed by atoms with van der Waals surface area (Å²) >= 11 is 6.30. The van der Waals surface area contributed by atoms with Crippen molar-refractivity contribution in [1.82, 2.24) is 5.32 Å². The molecule has 0 spiro atoms. The number of nitrogens with one attached hydrogen (secondary N) is 1. The molecule has 1 saturated heterocycles. The van der Waals surface area contributed by atoms with Gasteiger partial charge in [0.15, 0.2) is 5.12 Å². The fraction of sp³-hybridized carbons (Fsp3) is 0.667. The largest absolute Gasteiger partial charge is 0.379 e. The van der Waals surface area contributed by atoms with Crippen molar-refractivity contribution in [2.75, 3.05) is 6.54 Å². The molecule has 1 rings (SSSR count). The van der Waals surface area contributed by atoms with Crippen LogP contribution in [0.25, 0.3) is 0 Å². The van der Waals surface area contributed by atoms with Gasteiger partial charge in [0, 0.05) is 13.5 Å². The highest BCUT2D eigenvalue weighted by Gasteiger charge is 2.21. The van der Waals surface area contributed by atoms with Gasteiger partial charge in [-0.3, -0.25) is 4.79 Å². The summed E-state index contributed by atoms with van der Waals surface area (Å²) in [5.74, 6) is 0. The van der Waals surface area contributed by atoms with E-state index in [1.54, 1.807) is 6.92 Å². The predicted molar refractivity (Wildman–Crippen MR) is 47.3 cm³/mol. The van der Waals surface area contributed by atoms with E-state index >= 15 is 0 Å². The SMILES string of the molecule is CC(=O)S[C@@H]1CCNC1=S. The van der Waals surface area contributed by atoms with Crippen LogP contribution in [-0.4, -0.2) is 21.9 Å². The van der Waals surface area contributed by atoms with Gasteiger partial charge >= 0.3 is 0 Å². The summed E-state index contributed by atoms with van der Waals surface area (Å²) in [4.78, 5) is 11.5. The molecule has 2 nitrogen and oxygen atoms in total. The van der Waals surface area contributed by atoms with E-state index < -0.39 is 0 Å². The smallest absolute Gasteiger partial charge is 0.186 e. The van der Waals surface area contributed by atoms with E-state index in [2.05, 4.69) is 5.32 Å². The highest BCUT2D eigenvalue weighted by Crippen LogP contribution is 2.19. The number of carbonyl (C=O) groups excluding carboxylic acids is 1. The summed E-state index contributed by atoms with van der Waals surface area (Å²) in [6.45, 7) is 2.50. The van der Waals surface area contributed by atoms with Crippen molar-refractivity contribution in [3.8, 4) is 0 Å². The quantitative estimate of drug-likeness (QED) is 0.601. The molecular formula is C6H9NOS2. The Bertz CT molecular complexity index is 169. The van der Waals surface area contributed by atoms with Crippen LogP contribution in [0.2, 0.25) is 0 Å². The van der Waals surface area contributed by atoms with Crippen LogP contribution in [-0.2, 0) is 4.79 Å². The van der Waals surface area contributed by atoms with E-state index in [1.165, 1.54) is 11.8 Å². The third kappa shape index (κ3) is 1.95. The molecule has 1 fully saturated rings. The topological polar surface area (TPSA) is 29.1 Å². The van der Waals surface area contributed by atoms with Gasteiger partial charge in [0.05, 0.1) is 10.2 Å². The minimum Gasteiger partial charge on any atom is -0.379 e. The average Bonchev–Trinajstić information content (AvgIpc) is 2.15. The molecule has 0 saturated carbocycles. The number of rotatable bonds is 1. The zero-order valence-electron chi connectivity index (χ0n) is 5.72. The molecule has 0 aromatic rings. The van der Waals surface area contributed by atoms with Crippen LogP contribution < -0.4 is 5.32 Å². The van der Waals surface area contributed by atoms with Crippen LogP contribution in [0.15, 0.2) is 0 Å². The first-order valence-electron chi connectivity index (χ1n) is 3.15. The summed E-state index contributed by atoms with van der Waals surface area (Å²) in [7, 11) is 0. The Kier molecular flexibility index (Phi) is 2.68. The maximum Gasteiger partial charge on any atom is 0.186 e. The number of hydrogen-bond donors (Lipinski definition) is 1. The van der Waals surface area contributed by atoms with Gasteiger partial charge in [0.1, 0.15) is 0 Å². The van der Waals surface area contributed by atoms with Gasteiger partial charge in [-0.1, -0.05) is 24.0 Å². The molecule has 56 valence electrons. The van der Waals surface area contributed by atoms with E-state index in [4.69, 9.17) is 12.2 Å². The summed E-state index contributed by atoms with van der Waals surface area (Å²) < 4.78 is 0. The summed E-state index contributed by atoms with van der Waals surface area (Å²) in [6.07, 6.45) is 0.989. The van der Waals surface area contributed by atoms with E-state index in [0.717, 1.165) is 18.0 Å². The zero-order chi connectivity index (χ0) is 7.56. The summed E-state index contributed by atoms with van der Waals surface area (Å²) in [6, 6.07) is 0. The van der Waals surface area contributed by atoms with E-state index in [0.29, 0.717) is 0 Å². The van der Waals surface area contributed by atoms with Gasteiger partial charge in [-0.25, -0.2) is 0 Å². The van der Waals surface area contributed by atoms with E-state index in [9.17, 15) is 4.79 Å². The molecular weight excluding hydrogens is 166 g/mol. The van der Waals surface area contributed by atoms with Crippen LogP contribution in [0.5, 0.6) is 0 Å². The predicted octanol–water partition coefficient (Wildman–Crippen LogP) is 0.955. The van der Waals surface area contributed by atoms with E-state index in [1.807, 2.05) is 0 Å². The first-order chi connectivity index (χ1) is 4.70. The fourth-order valence-electron chi connectivity index (χ4n) is 0.884. The van der Waals surface area contributed by atoms with Crippen molar-refractivity contribution in [2.24, 2.45) is 0 Å². The van der Waals surface area contributed by atoms with Crippen LogP contribution >= 0.6 is 24.0 Å². The normalized spacial score (nSPS) is 24.5. The second-order valence-electron chi connectivity index (χ2n) is 2.18. The lowest BCUT2D eigenvalue weighted by atomic mass is 10.4. The zero-order valence-corrected chi connectivity index (χ0v) is 7.35. The second-order valence-corrected chi connectivity index (χ2v) is 4.00. The van der Waals surface area contributed by atoms with Crippen molar-refractivity contribution in [2.45, 2.75) is 18.6 Å². The van der Waals surface area contributed by atoms with Crippen molar-refractivity contribution >= 4 is 34.1 Å². The maximum atomic E-state index is 10.6. The minimum absolute atomic E-state index is 0.149. The highest BCUT2D eigenvalue weighted by atomic mass is 32.2. The summed E-state index contributed by atoms with van der Waals surface area (Å²) in [5, 5.41) is 3.43. The van der Waals surface area contributed by atoms with Gasteiger partial charge < -0.3 is 5.32 Å². The van der Waals surface area contributed by atoms with Crippen molar-refractivity contribution in [3.05, 3.63) is 0 Å². The molecule has 1 aliphatic heterocycles. The molecule has 0 amide bonds. The average molecular weight is 175 g/mol. The molecule has 0 unspecified atom stereocenters. The van der Waals surface area contributed by atoms with Crippen molar-refractivity contribution < 1.29 is 4.79 Å². The molecule has 1 atom stereocenters. The van der Waals surface area contributed by atoms with Crippen LogP contribution in [0, 0.1) is 0 Å².